The molecule has 80 valence electrons. The van der Waals surface area contributed by atoms with E-state index in [0.29, 0.717) is 0 Å². The Kier molecular flexibility index (Phi) is 2.51. The van der Waals surface area contributed by atoms with Gasteiger partial charge in [-0.05, 0) is 30.0 Å². The second kappa shape index (κ2) is 3.46. The van der Waals surface area contributed by atoms with E-state index >= 15 is 0 Å². The van der Waals surface area contributed by atoms with Gasteiger partial charge in [0.25, 0.3) is 0 Å². The molecule has 0 radical (unpaired) electrons. The molecule has 2 heteroatoms. The van der Waals surface area contributed by atoms with E-state index in [4.69, 9.17) is 0 Å². The van der Waals surface area contributed by atoms with E-state index in [1.807, 2.05) is 11.3 Å². The highest BCUT2D eigenvalue weighted by atomic mass is 32.1. The third-order valence-electron chi connectivity index (χ3n) is 3.01. The normalized spacial score (nSPS) is 12.3. The van der Waals surface area contributed by atoms with Crippen molar-refractivity contribution in [2.24, 2.45) is 0 Å². The molecule has 0 saturated heterocycles. The monoisotopic (exact) mass is 234 g/mol. The van der Waals surface area contributed by atoms with Gasteiger partial charge in [0.05, 0.1) is 8.07 Å². The molecule has 0 amide bonds. The van der Waals surface area contributed by atoms with Crippen molar-refractivity contribution in [2.45, 2.75) is 33.5 Å². The van der Waals surface area contributed by atoms with Crippen LogP contribution < -0.4 is 5.19 Å². The summed E-state index contributed by atoms with van der Waals surface area (Å²) in [5, 5.41) is 3.08. The predicted molar refractivity (Wildman–Crippen MR) is 74.3 cm³/mol. The van der Waals surface area contributed by atoms with Gasteiger partial charge in [-0.25, -0.2) is 0 Å². The van der Waals surface area contributed by atoms with Gasteiger partial charge < -0.3 is 0 Å². The zero-order valence-corrected chi connectivity index (χ0v) is 12.0. The lowest BCUT2D eigenvalue weighted by Gasteiger charge is -2.17. The van der Waals surface area contributed by atoms with Crippen LogP contribution in [-0.2, 0) is 0 Å². The third kappa shape index (κ3) is 1.77. The molecule has 1 heterocycles. The lowest BCUT2D eigenvalue weighted by atomic mass is 10.1. The number of benzene rings is 1. The van der Waals surface area contributed by atoms with Crippen molar-refractivity contribution in [3.8, 4) is 0 Å². The quantitative estimate of drug-likeness (QED) is 0.653. The third-order valence-corrected chi connectivity index (χ3v) is 6.48. The summed E-state index contributed by atoms with van der Waals surface area (Å²) in [7, 11) is -1.20. The van der Waals surface area contributed by atoms with E-state index in [1.165, 1.54) is 20.5 Å². The fraction of sp³-hybridized carbons (Fsp3) is 0.385. The minimum Gasteiger partial charge on any atom is -0.140 e. The van der Waals surface area contributed by atoms with Crippen LogP contribution in [-0.4, -0.2) is 8.07 Å². The molecule has 1 aromatic heterocycles. The SMILES string of the molecule is Cc1sc2c([Si](C)(C)C)cccc2c1C. The molecule has 0 nitrogen and oxygen atoms in total. The van der Waals surface area contributed by atoms with Gasteiger partial charge in [-0.15, -0.1) is 11.3 Å². The summed E-state index contributed by atoms with van der Waals surface area (Å²) in [5.74, 6) is 0. The molecule has 0 bridgehead atoms. The van der Waals surface area contributed by atoms with E-state index < -0.39 is 8.07 Å². The fourth-order valence-electron chi connectivity index (χ4n) is 1.95. The molecule has 0 saturated carbocycles. The van der Waals surface area contributed by atoms with Crippen LogP contribution in [0.15, 0.2) is 18.2 Å². The maximum atomic E-state index is 2.42. The second-order valence-electron chi connectivity index (χ2n) is 5.22. The first-order chi connectivity index (χ1) is 6.91. The standard InChI is InChI=1S/C13H18SSi/c1-9-10(2)14-13-11(9)7-6-8-12(13)15(3,4)5/h6-8H,1-5H3. The molecule has 0 aliphatic heterocycles. The van der Waals surface area contributed by atoms with Crippen molar-refractivity contribution in [3.63, 3.8) is 0 Å². The first-order valence-corrected chi connectivity index (χ1v) is 9.72. The molecule has 2 aromatic rings. The number of fused-ring (bicyclic) bond motifs is 1. The maximum Gasteiger partial charge on any atom is 0.0794 e. The number of hydrogen-bond donors (Lipinski definition) is 0. The minimum absolute atomic E-state index is 1.20. The molecule has 0 spiro atoms. The van der Waals surface area contributed by atoms with E-state index in [9.17, 15) is 0 Å². The van der Waals surface area contributed by atoms with E-state index in [0.717, 1.165) is 0 Å². The summed E-state index contributed by atoms with van der Waals surface area (Å²) in [4.78, 5) is 1.47. The van der Waals surface area contributed by atoms with Gasteiger partial charge in [0.2, 0.25) is 0 Å². The zero-order valence-electron chi connectivity index (χ0n) is 10.1. The van der Waals surface area contributed by atoms with Gasteiger partial charge in [0, 0.05) is 9.58 Å². The average molecular weight is 234 g/mol. The highest BCUT2D eigenvalue weighted by Gasteiger charge is 2.20. The fourth-order valence-corrected chi connectivity index (χ4v) is 5.51. The van der Waals surface area contributed by atoms with Crippen LogP contribution in [0.5, 0.6) is 0 Å². The summed E-state index contributed by atoms with van der Waals surface area (Å²) < 4.78 is 1.53. The second-order valence-corrected chi connectivity index (χ2v) is 11.5. The largest absolute Gasteiger partial charge is 0.140 e. The van der Waals surface area contributed by atoms with Crippen molar-refractivity contribution in [3.05, 3.63) is 28.6 Å². The average Bonchev–Trinajstić information content (AvgIpc) is 2.41. The Bertz CT molecular complexity index is 503. The molecule has 0 fully saturated rings. The highest BCUT2D eigenvalue weighted by molar-refractivity contribution is 7.21. The van der Waals surface area contributed by atoms with Crippen LogP contribution >= 0.6 is 11.3 Å². The first-order valence-electron chi connectivity index (χ1n) is 5.40. The predicted octanol–water partition coefficient (Wildman–Crippen LogP) is 4.06. The Hall–Kier alpha value is -0.603. The molecular weight excluding hydrogens is 216 g/mol. The van der Waals surface area contributed by atoms with Crippen molar-refractivity contribution in [2.75, 3.05) is 0 Å². The Morgan fingerprint density at radius 1 is 1.07 bits per heavy atom. The van der Waals surface area contributed by atoms with Gasteiger partial charge >= 0.3 is 0 Å². The van der Waals surface area contributed by atoms with E-state index in [1.54, 1.807) is 5.19 Å². The van der Waals surface area contributed by atoms with Crippen molar-refractivity contribution in [1.82, 2.24) is 0 Å². The van der Waals surface area contributed by atoms with E-state index in [-0.39, 0.29) is 0 Å². The van der Waals surface area contributed by atoms with Crippen LogP contribution in [0.1, 0.15) is 10.4 Å². The molecule has 0 aliphatic carbocycles. The summed E-state index contributed by atoms with van der Waals surface area (Å²) in [6.07, 6.45) is 0. The van der Waals surface area contributed by atoms with Crippen molar-refractivity contribution < 1.29 is 0 Å². The smallest absolute Gasteiger partial charge is 0.0794 e. The number of thiophene rings is 1. The molecule has 1 aromatic carbocycles. The summed E-state index contributed by atoms with van der Waals surface area (Å²) in [5.41, 5.74) is 1.47. The van der Waals surface area contributed by atoms with E-state index in [2.05, 4.69) is 51.7 Å². The molecule has 2 rings (SSSR count). The van der Waals surface area contributed by atoms with Gasteiger partial charge in [-0.3, -0.25) is 0 Å². The Labute approximate surface area is 97.0 Å². The molecule has 15 heavy (non-hydrogen) atoms. The topological polar surface area (TPSA) is 0 Å². The molecule has 0 atom stereocenters. The zero-order chi connectivity index (χ0) is 11.2. The molecular formula is C13H18SSi. The molecule has 0 N–H and O–H groups in total. The Balaban J connectivity index is 2.83. The summed E-state index contributed by atoms with van der Waals surface area (Å²) >= 11 is 1.97. The van der Waals surface area contributed by atoms with Gasteiger partial charge in [-0.2, -0.15) is 0 Å². The van der Waals surface area contributed by atoms with Gasteiger partial charge in [-0.1, -0.05) is 37.8 Å². The lowest BCUT2D eigenvalue weighted by Crippen LogP contribution is -2.37. The van der Waals surface area contributed by atoms with Gasteiger partial charge in [0.1, 0.15) is 0 Å². The Morgan fingerprint density at radius 2 is 1.73 bits per heavy atom. The van der Waals surface area contributed by atoms with Crippen molar-refractivity contribution in [1.29, 1.82) is 0 Å². The van der Waals surface area contributed by atoms with Crippen LogP contribution in [0.4, 0.5) is 0 Å². The minimum atomic E-state index is -1.20. The summed E-state index contributed by atoms with van der Waals surface area (Å²) in [6, 6.07) is 6.80. The maximum absolute atomic E-state index is 2.42. The lowest BCUT2D eigenvalue weighted by molar-refractivity contribution is 1.47. The summed E-state index contributed by atoms with van der Waals surface area (Å²) in [6.45, 7) is 11.7. The molecule has 0 aliphatic rings. The molecule has 0 unspecified atom stereocenters. The Morgan fingerprint density at radius 3 is 2.33 bits per heavy atom. The van der Waals surface area contributed by atoms with Crippen LogP contribution in [0.2, 0.25) is 19.6 Å². The van der Waals surface area contributed by atoms with Crippen LogP contribution in [0, 0.1) is 13.8 Å². The number of aryl methyl sites for hydroxylation is 2. The van der Waals surface area contributed by atoms with Crippen LogP contribution in [0.3, 0.4) is 0 Å². The van der Waals surface area contributed by atoms with Gasteiger partial charge in [0.15, 0.2) is 0 Å². The first kappa shape index (κ1) is 10.9. The van der Waals surface area contributed by atoms with Crippen molar-refractivity contribution >= 4 is 34.7 Å². The number of hydrogen-bond acceptors (Lipinski definition) is 1. The highest BCUT2D eigenvalue weighted by Crippen LogP contribution is 2.29. The number of rotatable bonds is 1. The van der Waals surface area contributed by atoms with Crippen LogP contribution in [0.25, 0.3) is 10.1 Å².